The number of hydrogen-bond donors (Lipinski definition) is 2. The van der Waals surface area contributed by atoms with Crippen LogP contribution in [0.2, 0.25) is 0 Å². The molecule has 5 heteroatoms. The third-order valence-corrected chi connectivity index (χ3v) is 2.64. The molecule has 1 amide bonds. The van der Waals surface area contributed by atoms with E-state index in [1.54, 1.807) is 31.5 Å². The number of ether oxygens (including phenoxy) is 1. The topological polar surface area (TPSA) is 54.1 Å². The Kier molecular flexibility index (Phi) is 4.18. The van der Waals surface area contributed by atoms with Gasteiger partial charge >= 0.3 is 0 Å². The van der Waals surface area contributed by atoms with Crippen LogP contribution in [-0.4, -0.2) is 17.0 Å². The van der Waals surface area contributed by atoms with Crippen LogP contribution in [0.25, 0.3) is 0 Å². The van der Waals surface area contributed by atoms with Gasteiger partial charge in [0.15, 0.2) is 17.7 Å². The molecule has 4 nitrogen and oxygen atoms in total. The number of aromatic nitrogens is 1. The molecule has 0 aliphatic carbocycles. The molecule has 0 saturated carbocycles. The fourth-order valence-electron chi connectivity index (χ4n) is 1.59. The number of para-hydroxylation sites is 1. The lowest BCUT2D eigenvalue weighted by Gasteiger charge is -2.14. The molecule has 2 aromatic rings. The van der Waals surface area contributed by atoms with Gasteiger partial charge in [-0.25, -0.2) is 4.39 Å². The maximum absolute atomic E-state index is 13.4. The molecule has 0 aliphatic rings. The molecule has 19 heavy (non-hydrogen) atoms. The zero-order valence-corrected chi connectivity index (χ0v) is 10.5. The van der Waals surface area contributed by atoms with Gasteiger partial charge in [-0.1, -0.05) is 12.1 Å². The highest BCUT2D eigenvalue weighted by atomic mass is 19.1. The van der Waals surface area contributed by atoms with E-state index in [4.69, 9.17) is 4.74 Å². The maximum atomic E-state index is 13.4. The van der Waals surface area contributed by atoms with Crippen molar-refractivity contribution in [3.63, 3.8) is 0 Å². The molecule has 0 radical (unpaired) electrons. The number of aromatic amines is 1. The quantitative estimate of drug-likeness (QED) is 0.868. The van der Waals surface area contributed by atoms with Gasteiger partial charge in [-0.2, -0.15) is 0 Å². The summed E-state index contributed by atoms with van der Waals surface area (Å²) in [5.74, 6) is -0.691. The maximum Gasteiger partial charge on any atom is 0.261 e. The molecule has 0 fully saturated rings. The van der Waals surface area contributed by atoms with Crippen LogP contribution in [0.1, 0.15) is 12.5 Å². The van der Waals surface area contributed by atoms with Crippen LogP contribution in [0, 0.1) is 5.82 Å². The fraction of sp³-hybridized carbons (Fsp3) is 0.214. The van der Waals surface area contributed by atoms with Gasteiger partial charge in [0, 0.05) is 18.9 Å². The Bertz CT molecular complexity index is 540. The van der Waals surface area contributed by atoms with Gasteiger partial charge in [-0.15, -0.1) is 0 Å². The molecular formula is C14H15FN2O2. The second kappa shape index (κ2) is 6.04. The van der Waals surface area contributed by atoms with Crippen molar-refractivity contribution < 1.29 is 13.9 Å². The molecule has 0 spiro atoms. The van der Waals surface area contributed by atoms with Crippen LogP contribution in [0.15, 0.2) is 42.7 Å². The zero-order chi connectivity index (χ0) is 13.7. The summed E-state index contributed by atoms with van der Waals surface area (Å²) in [7, 11) is 0. The summed E-state index contributed by atoms with van der Waals surface area (Å²) < 4.78 is 18.6. The molecule has 0 aliphatic heterocycles. The molecule has 2 rings (SSSR count). The van der Waals surface area contributed by atoms with Crippen molar-refractivity contribution in [3.05, 3.63) is 54.1 Å². The lowest BCUT2D eigenvalue weighted by Crippen LogP contribution is -2.36. The number of benzene rings is 1. The summed E-state index contributed by atoms with van der Waals surface area (Å²) in [5, 5.41) is 2.72. The molecule has 1 atom stereocenters. The third-order valence-electron chi connectivity index (χ3n) is 2.64. The predicted molar refractivity (Wildman–Crippen MR) is 69.1 cm³/mol. The Balaban J connectivity index is 1.87. The van der Waals surface area contributed by atoms with Crippen LogP contribution in [0.3, 0.4) is 0 Å². The molecule has 1 heterocycles. The summed E-state index contributed by atoms with van der Waals surface area (Å²) >= 11 is 0. The summed E-state index contributed by atoms with van der Waals surface area (Å²) in [6.45, 7) is 1.99. The Morgan fingerprint density at radius 1 is 1.42 bits per heavy atom. The Labute approximate surface area is 110 Å². The standard InChI is InChI=1S/C14H15FN2O2/c1-10(19-13-5-3-2-4-12(13)15)14(18)17-9-11-6-7-16-8-11/h2-8,10,16H,9H2,1H3,(H,17,18). The fourth-order valence-corrected chi connectivity index (χ4v) is 1.59. The van der Waals surface area contributed by atoms with Gasteiger partial charge in [0.2, 0.25) is 0 Å². The third kappa shape index (κ3) is 3.58. The number of amides is 1. The number of nitrogens with one attached hydrogen (secondary N) is 2. The van der Waals surface area contributed by atoms with Crippen molar-refractivity contribution in [2.75, 3.05) is 0 Å². The van der Waals surface area contributed by atoms with Gasteiger partial charge in [-0.3, -0.25) is 4.79 Å². The highest BCUT2D eigenvalue weighted by molar-refractivity contribution is 5.80. The number of carbonyl (C=O) groups excluding carboxylic acids is 1. The van der Waals surface area contributed by atoms with Crippen molar-refractivity contribution in [1.29, 1.82) is 0 Å². The Morgan fingerprint density at radius 2 is 2.21 bits per heavy atom. The Morgan fingerprint density at radius 3 is 2.89 bits per heavy atom. The predicted octanol–water partition coefficient (Wildman–Crippen LogP) is 2.24. The molecule has 1 aromatic carbocycles. The smallest absolute Gasteiger partial charge is 0.261 e. The second-order valence-electron chi connectivity index (χ2n) is 4.13. The molecule has 100 valence electrons. The van der Waals surface area contributed by atoms with E-state index in [0.717, 1.165) is 5.56 Å². The first-order valence-corrected chi connectivity index (χ1v) is 5.97. The Hall–Kier alpha value is -2.30. The molecule has 1 aromatic heterocycles. The first-order chi connectivity index (χ1) is 9.16. The number of hydrogen-bond acceptors (Lipinski definition) is 2. The highest BCUT2D eigenvalue weighted by Crippen LogP contribution is 2.16. The van der Waals surface area contributed by atoms with Gasteiger partial charge in [0.25, 0.3) is 5.91 Å². The molecular weight excluding hydrogens is 247 g/mol. The van der Waals surface area contributed by atoms with Crippen molar-refractivity contribution in [3.8, 4) is 5.75 Å². The van der Waals surface area contributed by atoms with Gasteiger partial charge in [0.1, 0.15) is 0 Å². The largest absolute Gasteiger partial charge is 0.478 e. The SMILES string of the molecule is CC(Oc1ccccc1F)C(=O)NCc1cc[nH]c1. The van der Waals surface area contributed by atoms with E-state index < -0.39 is 11.9 Å². The van der Waals surface area contributed by atoms with Crippen LogP contribution in [0.4, 0.5) is 4.39 Å². The van der Waals surface area contributed by atoms with Crippen molar-refractivity contribution in [1.82, 2.24) is 10.3 Å². The number of carbonyl (C=O) groups is 1. The minimum absolute atomic E-state index is 0.0757. The van der Waals surface area contributed by atoms with Crippen molar-refractivity contribution >= 4 is 5.91 Å². The lowest BCUT2D eigenvalue weighted by atomic mass is 10.3. The number of H-pyrrole nitrogens is 1. The van der Waals surface area contributed by atoms with E-state index >= 15 is 0 Å². The van der Waals surface area contributed by atoms with E-state index in [0.29, 0.717) is 6.54 Å². The molecule has 0 saturated heterocycles. The van der Waals surface area contributed by atoms with Crippen LogP contribution < -0.4 is 10.1 Å². The highest BCUT2D eigenvalue weighted by Gasteiger charge is 2.15. The first-order valence-electron chi connectivity index (χ1n) is 5.97. The van der Waals surface area contributed by atoms with E-state index in [-0.39, 0.29) is 11.7 Å². The van der Waals surface area contributed by atoms with Crippen LogP contribution >= 0.6 is 0 Å². The minimum atomic E-state index is -0.754. The van der Waals surface area contributed by atoms with Gasteiger partial charge < -0.3 is 15.0 Å². The van der Waals surface area contributed by atoms with Crippen LogP contribution in [-0.2, 0) is 11.3 Å². The molecule has 0 bridgehead atoms. The van der Waals surface area contributed by atoms with E-state index in [1.165, 1.54) is 12.1 Å². The van der Waals surface area contributed by atoms with Gasteiger partial charge in [0.05, 0.1) is 0 Å². The van der Waals surface area contributed by atoms with E-state index in [1.807, 2.05) is 6.07 Å². The molecule has 1 unspecified atom stereocenters. The summed E-state index contributed by atoms with van der Waals surface area (Å²) in [5.41, 5.74) is 0.964. The van der Waals surface area contributed by atoms with Crippen molar-refractivity contribution in [2.45, 2.75) is 19.6 Å². The second-order valence-corrected chi connectivity index (χ2v) is 4.13. The number of halogens is 1. The van der Waals surface area contributed by atoms with Gasteiger partial charge in [-0.05, 0) is 30.7 Å². The summed E-state index contributed by atoms with van der Waals surface area (Å²) in [6, 6.07) is 7.87. The normalized spacial score (nSPS) is 11.9. The average molecular weight is 262 g/mol. The summed E-state index contributed by atoms with van der Waals surface area (Å²) in [6.07, 6.45) is 2.82. The van der Waals surface area contributed by atoms with E-state index in [9.17, 15) is 9.18 Å². The monoisotopic (exact) mass is 262 g/mol. The average Bonchev–Trinajstić information content (AvgIpc) is 2.91. The first kappa shape index (κ1) is 13.1. The van der Waals surface area contributed by atoms with E-state index in [2.05, 4.69) is 10.3 Å². The number of rotatable bonds is 5. The summed E-state index contributed by atoms with van der Waals surface area (Å²) in [4.78, 5) is 14.7. The minimum Gasteiger partial charge on any atom is -0.478 e. The van der Waals surface area contributed by atoms with Crippen LogP contribution in [0.5, 0.6) is 5.75 Å². The molecule has 2 N–H and O–H groups in total. The lowest BCUT2D eigenvalue weighted by molar-refractivity contribution is -0.127. The van der Waals surface area contributed by atoms with Crippen molar-refractivity contribution in [2.24, 2.45) is 0 Å². The zero-order valence-electron chi connectivity index (χ0n) is 10.5.